The van der Waals surface area contributed by atoms with Crippen LogP contribution in [0.5, 0.6) is 5.75 Å². The van der Waals surface area contributed by atoms with Crippen LogP contribution >= 0.6 is 0 Å². The first-order valence-electron chi connectivity index (χ1n) is 6.65. The first kappa shape index (κ1) is 13.2. The molecule has 3 nitrogen and oxygen atoms in total. The van der Waals surface area contributed by atoms with Gasteiger partial charge in [0, 0.05) is 23.9 Å². The zero-order valence-electron chi connectivity index (χ0n) is 11.7. The summed E-state index contributed by atoms with van der Waals surface area (Å²) < 4.78 is 5.40. The number of hydrogen-bond donors (Lipinski definition) is 1. The van der Waals surface area contributed by atoms with Crippen molar-refractivity contribution in [3.05, 3.63) is 23.8 Å². The fraction of sp³-hybridized carbons (Fsp3) is 0.600. The van der Waals surface area contributed by atoms with Crippen LogP contribution in [-0.4, -0.2) is 25.1 Å². The molecule has 1 aromatic carbocycles. The zero-order valence-corrected chi connectivity index (χ0v) is 11.7. The van der Waals surface area contributed by atoms with Crippen LogP contribution in [0.1, 0.15) is 32.3 Å². The summed E-state index contributed by atoms with van der Waals surface area (Å²) in [7, 11) is 1.71. The van der Waals surface area contributed by atoms with E-state index in [1.807, 2.05) is 12.1 Å². The van der Waals surface area contributed by atoms with E-state index in [0.29, 0.717) is 5.41 Å². The highest BCUT2D eigenvalue weighted by Crippen LogP contribution is 2.31. The summed E-state index contributed by atoms with van der Waals surface area (Å²) in [5.41, 5.74) is 8.27. The van der Waals surface area contributed by atoms with Crippen molar-refractivity contribution in [1.29, 1.82) is 0 Å². The molecular weight excluding hydrogens is 224 g/mol. The second-order valence-corrected chi connectivity index (χ2v) is 6.01. The second-order valence-electron chi connectivity index (χ2n) is 6.01. The Morgan fingerprint density at radius 1 is 1.28 bits per heavy atom. The van der Waals surface area contributed by atoms with E-state index in [1.165, 1.54) is 31.5 Å². The Morgan fingerprint density at radius 3 is 2.56 bits per heavy atom. The molecule has 0 aromatic heterocycles. The van der Waals surface area contributed by atoms with E-state index in [2.05, 4.69) is 24.8 Å². The van der Waals surface area contributed by atoms with Crippen molar-refractivity contribution in [3.63, 3.8) is 0 Å². The third-order valence-corrected chi connectivity index (χ3v) is 3.91. The van der Waals surface area contributed by atoms with Crippen LogP contribution in [0.25, 0.3) is 0 Å². The fourth-order valence-electron chi connectivity index (χ4n) is 2.45. The number of nitrogens with two attached hydrogens (primary N) is 1. The van der Waals surface area contributed by atoms with Crippen LogP contribution in [0.2, 0.25) is 0 Å². The normalized spacial score (nSPS) is 19.7. The number of nitrogen functional groups attached to an aromatic ring is 1. The Balaban J connectivity index is 2.02. The van der Waals surface area contributed by atoms with Gasteiger partial charge in [0.15, 0.2) is 0 Å². The van der Waals surface area contributed by atoms with Crippen molar-refractivity contribution >= 4 is 5.69 Å². The predicted octanol–water partition coefficient (Wildman–Crippen LogP) is 2.90. The van der Waals surface area contributed by atoms with Crippen LogP contribution in [0.3, 0.4) is 0 Å². The molecule has 18 heavy (non-hydrogen) atoms. The number of rotatable bonds is 3. The molecule has 100 valence electrons. The van der Waals surface area contributed by atoms with E-state index in [0.717, 1.165) is 18.0 Å². The number of anilines is 1. The Kier molecular flexibility index (Phi) is 3.81. The van der Waals surface area contributed by atoms with Crippen LogP contribution < -0.4 is 10.5 Å². The molecule has 1 heterocycles. The molecule has 0 unspecified atom stereocenters. The fourth-order valence-corrected chi connectivity index (χ4v) is 2.45. The monoisotopic (exact) mass is 248 g/mol. The Hall–Kier alpha value is -1.22. The molecule has 1 aliphatic rings. The van der Waals surface area contributed by atoms with Gasteiger partial charge in [-0.2, -0.15) is 0 Å². The number of likely N-dealkylation sites (tertiary alicyclic amines) is 1. The third kappa shape index (κ3) is 3.16. The Labute approximate surface area is 110 Å². The van der Waals surface area contributed by atoms with Gasteiger partial charge in [-0.25, -0.2) is 0 Å². The lowest BCUT2D eigenvalue weighted by Crippen LogP contribution is -2.36. The molecule has 0 amide bonds. The standard InChI is InChI=1S/C15H24N2O/c1-15(2)6-8-17(9-7-15)11-12-4-5-13(16)10-14(12)18-3/h4-5,10H,6-9,11,16H2,1-3H3. The summed E-state index contributed by atoms with van der Waals surface area (Å²) in [5, 5.41) is 0. The number of nitrogens with zero attached hydrogens (tertiary/aromatic N) is 1. The molecule has 2 rings (SSSR count). The molecule has 0 radical (unpaired) electrons. The highest BCUT2D eigenvalue weighted by Gasteiger charge is 2.25. The number of benzene rings is 1. The van der Waals surface area contributed by atoms with E-state index in [4.69, 9.17) is 10.5 Å². The second kappa shape index (κ2) is 5.19. The maximum absolute atomic E-state index is 5.78. The van der Waals surface area contributed by atoms with Gasteiger partial charge in [-0.05, 0) is 37.4 Å². The van der Waals surface area contributed by atoms with Gasteiger partial charge in [0.05, 0.1) is 7.11 Å². The van der Waals surface area contributed by atoms with Gasteiger partial charge >= 0.3 is 0 Å². The maximum Gasteiger partial charge on any atom is 0.125 e. The molecule has 1 aromatic rings. The summed E-state index contributed by atoms with van der Waals surface area (Å²) in [4.78, 5) is 2.50. The van der Waals surface area contributed by atoms with Gasteiger partial charge in [-0.1, -0.05) is 19.9 Å². The lowest BCUT2D eigenvalue weighted by Gasteiger charge is -2.37. The predicted molar refractivity (Wildman–Crippen MR) is 75.7 cm³/mol. The number of methoxy groups -OCH3 is 1. The molecule has 0 atom stereocenters. The SMILES string of the molecule is COc1cc(N)ccc1CN1CCC(C)(C)CC1. The molecule has 0 saturated carbocycles. The van der Waals surface area contributed by atoms with Crippen molar-refractivity contribution in [2.45, 2.75) is 33.2 Å². The lowest BCUT2D eigenvalue weighted by molar-refractivity contribution is 0.126. The summed E-state index contributed by atoms with van der Waals surface area (Å²) in [6, 6.07) is 5.93. The van der Waals surface area contributed by atoms with Crippen molar-refractivity contribution in [2.75, 3.05) is 25.9 Å². The smallest absolute Gasteiger partial charge is 0.125 e. The van der Waals surface area contributed by atoms with Crippen molar-refractivity contribution in [1.82, 2.24) is 4.90 Å². The van der Waals surface area contributed by atoms with Gasteiger partial charge in [-0.15, -0.1) is 0 Å². The Morgan fingerprint density at radius 2 is 1.94 bits per heavy atom. The number of hydrogen-bond acceptors (Lipinski definition) is 3. The van der Waals surface area contributed by atoms with E-state index in [1.54, 1.807) is 7.11 Å². The minimum absolute atomic E-state index is 0.502. The first-order chi connectivity index (χ1) is 8.50. The van der Waals surface area contributed by atoms with Gasteiger partial charge in [0.1, 0.15) is 5.75 Å². The summed E-state index contributed by atoms with van der Waals surface area (Å²) in [6.45, 7) is 8.00. The highest BCUT2D eigenvalue weighted by molar-refractivity contribution is 5.48. The van der Waals surface area contributed by atoms with Crippen LogP contribution in [-0.2, 0) is 6.54 Å². The van der Waals surface area contributed by atoms with Gasteiger partial charge in [0.2, 0.25) is 0 Å². The van der Waals surface area contributed by atoms with E-state index in [-0.39, 0.29) is 0 Å². The summed E-state index contributed by atoms with van der Waals surface area (Å²) >= 11 is 0. The van der Waals surface area contributed by atoms with E-state index < -0.39 is 0 Å². The highest BCUT2D eigenvalue weighted by atomic mass is 16.5. The van der Waals surface area contributed by atoms with E-state index in [9.17, 15) is 0 Å². The first-order valence-corrected chi connectivity index (χ1v) is 6.65. The van der Waals surface area contributed by atoms with Gasteiger partial charge in [0.25, 0.3) is 0 Å². The molecule has 1 saturated heterocycles. The largest absolute Gasteiger partial charge is 0.496 e. The molecule has 0 bridgehead atoms. The minimum Gasteiger partial charge on any atom is -0.496 e. The average Bonchev–Trinajstić information content (AvgIpc) is 2.34. The molecular formula is C15H24N2O. The van der Waals surface area contributed by atoms with Crippen molar-refractivity contribution in [2.24, 2.45) is 5.41 Å². The third-order valence-electron chi connectivity index (χ3n) is 3.91. The van der Waals surface area contributed by atoms with Crippen molar-refractivity contribution < 1.29 is 4.74 Å². The molecule has 2 N–H and O–H groups in total. The molecule has 3 heteroatoms. The van der Waals surface area contributed by atoms with Crippen molar-refractivity contribution in [3.8, 4) is 5.75 Å². The van der Waals surface area contributed by atoms with Gasteiger partial charge < -0.3 is 10.5 Å². The van der Waals surface area contributed by atoms with Crippen LogP contribution in [0.4, 0.5) is 5.69 Å². The molecule has 0 spiro atoms. The quantitative estimate of drug-likeness (QED) is 0.836. The summed E-state index contributed by atoms with van der Waals surface area (Å²) in [6.07, 6.45) is 2.54. The van der Waals surface area contributed by atoms with Crippen LogP contribution in [0.15, 0.2) is 18.2 Å². The lowest BCUT2D eigenvalue weighted by atomic mass is 9.82. The molecule has 1 aliphatic heterocycles. The summed E-state index contributed by atoms with van der Waals surface area (Å²) in [5.74, 6) is 0.903. The maximum atomic E-state index is 5.78. The zero-order chi connectivity index (χ0) is 13.2. The number of piperidine rings is 1. The molecule has 1 fully saturated rings. The Bertz CT molecular complexity index is 405. The minimum atomic E-state index is 0.502. The van der Waals surface area contributed by atoms with Crippen LogP contribution in [0, 0.1) is 5.41 Å². The molecule has 0 aliphatic carbocycles. The topological polar surface area (TPSA) is 38.5 Å². The van der Waals surface area contributed by atoms with E-state index >= 15 is 0 Å². The van der Waals surface area contributed by atoms with Gasteiger partial charge in [-0.3, -0.25) is 4.90 Å². The number of ether oxygens (including phenoxy) is 1. The average molecular weight is 248 g/mol.